The number of hydrogen-bond acceptors (Lipinski definition) is 2. The molecule has 0 saturated heterocycles. The first-order valence-electron chi connectivity index (χ1n) is 5.33. The number of benzene rings is 2. The second-order valence-corrected chi connectivity index (χ2v) is 5.03. The van der Waals surface area contributed by atoms with Crippen molar-refractivity contribution < 1.29 is 23.1 Å². The van der Waals surface area contributed by atoms with Crippen LogP contribution >= 0.6 is 22.6 Å². The van der Waals surface area contributed by atoms with Gasteiger partial charge in [0.15, 0.2) is 11.6 Å². The fourth-order valence-electron chi connectivity index (χ4n) is 1.47. The van der Waals surface area contributed by atoms with E-state index in [1.807, 2.05) is 22.6 Å². The summed E-state index contributed by atoms with van der Waals surface area (Å²) in [5.41, 5.74) is -0.418. The van der Waals surface area contributed by atoms with Crippen molar-refractivity contribution >= 4 is 34.2 Å². The van der Waals surface area contributed by atoms with Crippen LogP contribution in [0.5, 0.6) is 5.75 Å². The van der Waals surface area contributed by atoms with Gasteiger partial charge in [-0.05, 0) is 40.8 Å². The van der Waals surface area contributed by atoms with E-state index >= 15 is 0 Å². The second kappa shape index (κ2) is 5.70. The van der Waals surface area contributed by atoms with Crippen LogP contribution in [0.4, 0.5) is 18.9 Å². The molecule has 7 heteroatoms. The van der Waals surface area contributed by atoms with Crippen LogP contribution in [0.3, 0.4) is 0 Å². The van der Waals surface area contributed by atoms with E-state index in [1.54, 1.807) is 0 Å². The maximum Gasteiger partial charge on any atom is 0.255 e. The molecule has 0 atom stereocenters. The maximum absolute atomic E-state index is 13.4. The van der Waals surface area contributed by atoms with Crippen molar-refractivity contribution in [2.75, 3.05) is 5.32 Å². The standard InChI is InChI=1S/C13H7F3INO2/c14-7-4-9(16)11(5-8(7)15)18-13(20)6-1-2-10(17)12(19)3-6/h1-5,19H,(H,18,20). The number of anilines is 1. The molecule has 2 rings (SSSR count). The SMILES string of the molecule is O=C(Nc1cc(F)c(F)cc1F)c1ccc(I)c(O)c1. The van der Waals surface area contributed by atoms with Gasteiger partial charge >= 0.3 is 0 Å². The quantitative estimate of drug-likeness (QED) is 0.605. The summed E-state index contributed by atoms with van der Waals surface area (Å²) >= 11 is 1.87. The number of nitrogens with one attached hydrogen (secondary N) is 1. The number of carbonyl (C=O) groups is 1. The molecule has 0 bridgehead atoms. The van der Waals surface area contributed by atoms with Gasteiger partial charge in [0.1, 0.15) is 11.6 Å². The Morgan fingerprint density at radius 2 is 1.70 bits per heavy atom. The Kier molecular flexibility index (Phi) is 4.17. The first-order valence-corrected chi connectivity index (χ1v) is 6.41. The first kappa shape index (κ1) is 14.6. The smallest absolute Gasteiger partial charge is 0.255 e. The highest BCUT2D eigenvalue weighted by molar-refractivity contribution is 14.1. The van der Waals surface area contributed by atoms with E-state index < -0.39 is 29.0 Å². The van der Waals surface area contributed by atoms with E-state index in [0.29, 0.717) is 15.7 Å². The van der Waals surface area contributed by atoms with Gasteiger partial charge in [0, 0.05) is 17.7 Å². The third-order valence-corrected chi connectivity index (χ3v) is 3.38. The average molecular weight is 393 g/mol. The lowest BCUT2D eigenvalue weighted by Gasteiger charge is -2.08. The van der Waals surface area contributed by atoms with Gasteiger partial charge in [-0.2, -0.15) is 0 Å². The number of hydrogen-bond donors (Lipinski definition) is 2. The van der Waals surface area contributed by atoms with Gasteiger partial charge in [-0.3, -0.25) is 4.79 Å². The second-order valence-electron chi connectivity index (χ2n) is 3.87. The molecule has 2 aromatic carbocycles. The van der Waals surface area contributed by atoms with Crippen molar-refractivity contribution in [1.29, 1.82) is 0 Å². The molecule has 3 nitrogen and oxygen atoms in total. The molecule has 0 aliphatic carbocycles. The highest BCUT2D eigenvalue weighted by atomic mass is 127. The summed E-state index contributed by atoms with van der Waals surface area (Å²) in [5.74, 6) is -4.56. The van der Waals surface area contributed by atoms with Crippen molar-refractivity contribution in [1.82, 2.24) is 0 Å². The van der Waals surface area contributed by atoms with Gasteiger partial charge in [0.05, 0.1) is 9.26 Å². The van der Waals surface area contributed by atoms with E-state index in [9.17, 15) is 23.1 Å². The molecule has 0 spiro atoms. The molecular formula is C13H7F3INO2. The van der Waals surface area contributed by atoms with E-state index in [4.69, 9.17) is 0 Å². The number of aromatic hydroxyl groups is 1. The average Bonchev–Trinajstić information content (AvgIpc) is 2.39. The van der Waals surface area contributed by atoms with Crippen LogP contribution in [0.1, 0.15) is 10.4 Å². The lowest BCUT2D eigenvalue weighted by molar-refractivity contribution is 0.102. The molecule has 20 heavy (non-hydrogen) atoms. The molecule has 2 aromatic rings. The van der Waals surface area contributed by atoms with Crippen LogP contribution in [0.2, 0.25) is 0 Å². The number of amides is 1. The van der Waals surface area contributed by atoms with E-state index in [2.05, 4.69) is 5.32 Å². The Labute approximate surface area is 125 Å². The Balaban J connectivity index is 2.27. The first-order chi connectivity index (χ1) is 9.38. The highest BCUT2D eigenvalue weighted by Gasteiger charge is 2.14. The Hall–Kier alpha value is -1.77. The summed E-state index contributed by atoms with van der Waals surface area (Å²) in [7, 11) is 0. The monoisotopic (exact) mass is 393 g/mol. The van der Waals surface area contributed by atoms with E-state index in [0.717, 1.165) is 0 Å². The minimum absolute atomic E-state index is 0.0621. The molecule has 0 saturated carbocycles. The highest BCUT2D eigenvalue weighted by Crippen LogP contribution is 2.22. The maximum atomic E-state index is 13.4. The summed E-state index contributed by atoms with van der Waals surface area (Å²) in [4.78, 5) is 11.8. The zero-order valence-corrected chi connectivity index (χ0v) is 11.9. The van der Waals surface area contributed by atoms with Crippen molar-refractivity contribution in [2.45, 2.75) is 0 Å². The third kappa shape index (κ3) is 3.03. The Morgan fingerprint density at radius 3 is 2.35 bits per heavy atom. The van der Waals surface area contributed by atoms with Crippen LogP contribution in [0.25, 0.3) is 0 Å². The van der Waals surface area contributed by atoms with Crippen LogP contribution in [0.15, 0.2) is 30.3 Å². The lowest BCUT2D eigenvalue weighted by atomic mass is 10.2. The van der Waals surface area contributed by atoms with Crippen molar-refractivity contribution in [3.8, 4) is 5.75 Å². The summed E-state index contributed by atoms with van der Waals surface area (Å²) < 4.78 is 39.7. The lowest BCUT2D eigenvalue weighted by Crippen LogP contribution is -2.13. The number of carbonyl (C=O) groups excluding carboxylic acids is 1. The molecule has 2 N–H and O–H groups in total. The molecular weight excluding hydrogens is 386 g/mol. The van der Waals surface area contributed by atoms with Crippen LogP contribution in [0, 0.1) is 21.0 Å². The van der Waals surface area contributed by atoms with Gasteiger partial charge in [0.2, 0.25) is 0 Å². The zero-order chi connectivity index (χ0) is 14.9. The van der Waals surface area contributed by atoms with Gasteiger partial charge in [-0.15, -0.1) is 0 Å². The molecule has 0 aromatic heterocycles. The summed E-state index contributed by atoms with van der Waals surface area (Å²) in [5, 5.41) is 11.6. The number of phenolic OH excluding ortho intramolecular Hbond substituents is 1. The largest absolute Gasteiger partial charge is 0.507 e. The minimum atomic E-state index is -1.34. The van der Waals surface area contributed by atoms with Gasteiger partial charge in [-0.25, -0.2) is 13.2 Å². The molecule has 0 radical (unpaired) electrons. The van der Waals surface area contributed by atoms with Crippen molar-refractivity contribution in [3.63, 3.8) is 0 Å². The summed E-state index contributed by atoms with van der Waals surface area (Å²) in [6.45, 7) is 0. The number of halogens is 4. The summed E-state index contributed by atoms with van der Waals surface area (Å²) in [6.07, 6.45) is 0. The zero-order valence-electron chi connectivity index (χ0n) is 9.75. The van der Waals surface area contributed by atoms with Crippen molar-refractivity contribution in [3.05, 3.63) is 56.9 Å². The number of phenols is 1. The Bertz CT molecular complexity index is 692. The molecule has 0 fully saturated rings. The van der Waals surface area contributed by atoms with Gasteiger partial charge < -0.3 is 10.4 Å². The van der Waals surface area contributed by atoms with E-state index in [1.165, 1.54) is 18.2 Å². The molecule has 1 amide bonds. The van der Waals surface area contributed by atoms with Crippen molar-refractivity contribution in [2.24, 2.45) is 0 Å². The predicted octanol–water partition coefficient (Wildman–Crippen LogP) is 3.67. The topological polar surface area (TPSA) is 49.3 Å². The normalized spacial score (nSPS) is 10.4. The summed E-state index contributed by atoms with van der Waals surface area (Å²) in [6, 6.07) is 4.99. The molecule has 0 aliphatic rings. The minimum Gasteiger partial charge on any atom is -0.507 e. The van der Waals surface area contributed by atoms with Gasteiger partial charge in [-0.1, -0.05) is 0 Å². The van der Waals surface area contributed by atoms with Crippen LogP contribution in [-0.2, 0) is 0 Å². The third-order valence-electron chi connectivity index (χ3n) is 2.47. The van der Waals surface area contributed by atoms with Gasteiger partial charge in [0.25, 0.3) is 5.91 Å². The Morgan fingerprint density at radius 1 is 1.05 bits per heavy atom. The number of rotatable bonds is 2. The van der Waals surface area contributed by atoms with E-state index in [-0.39, 0.29) is 11.3 Å². The predicted molar refractivity (Wildman–Crippen MR) is 75.1 cm³/mol. The molecule has 0 aliphatic heterocycles. The molecule has 0 unspecified atom stereocenters. The van der Waals surface area contributed by atoms with Crippen LogP contribution in [-0.4, -0.2) is 11.0 Å². The molecule has 0 heterocycles. The fourth-order valence-corrected chi connectivity index (χ4v) is 1.80. The molecule has 104 valence electrons. The van der Waals surface area contributed by atoms with Crippen LogP contribution < -0.4 is 5.32 Å². The fraction of sp³-hybridized carbons (Fsp3) is 0.